The highest BCUT2D eigenvalue weighted by Crippen LogP contribution is 2.20. The van der Waals surface area contributed by atoms with E-state index in [1.807, 2.05) is 50.2 Å². The van der Waals surface area contributed by atoms with Crippen LogP contribution in [0.5, 0.6) is 0 Å². The van der Waals surface area contributed by atoms with Gasteiger partial charge in [-0.2, -0.15) is 0 Å². The second-order valence-electron chi connectivity index (χ2n) is 6.05. The highest BCUT2D eigenvalue weighted by molar-refractivity contribution is 6.03. The van der Waals surface area contributed by atoms with Crippen molar-refractivity contribution in [3.05, 3.63) is 77.2 Å². The maximum absolute atomic E-state index is 12.4. The monoisotopic (exact) mass is 332 g/mol. The number of carbonyl (C=O) groups excluding carboxylic acids is 1. The minimum absolute atomic E-state index is 0.269. The van der Waals surface area contributed by atoms with Crippen molar-refractivity contribution in [1.29, 1.82) is 0 Å². The molecule has 0 aliphatic rings. The Hall–Kier alpha value is -3.21. The number of benzene rings is 2. The van der Waals surface area contributed by atoms with Gasteiger partial charge in [0.25, 0.3) is 5.91 Å². The first-order valence-electron chi connectivity index (χ1n) is 8.05. The van der Waals surface area contributed by atoms with Crippen molar-refractivity contribution in [2.45, 2.75) is 20.8 Å². The molecule has 1 aromatic heterocycles. The lowest BCUT2D eigenvalue weighted by Crippen LogP contribution is -2.14. The van der Waals surface area contributed by atoms with Crippen LogP contribution in [0.15, 0.2) is 54.9 Å². The van der Waals surface area contributed by atoms with Crippen LogP contribution in [0.3, 0.4) is 0 Å². The Morgan fingerprint density at radius 1 is 0.880 bits per heavy atom. The Bertz CT molecular complexity index is 904. The molecule has 0 unspecified atom stereocenters. The normalized spacial score (nSPS) is 10.4. The molecule has 0 atom stereocenters. The van der Waals surface area contributed by atoms with E-state index in [9.17, 15) is 4.79 Å². The molecule has 0 spiro atoms. The third kappa shape index (κ3) is 4.20. The summed E-state index contributed by atoms with van der Waals surface area (Å²) < 4.78 is 0. The number of hydrogen-bond acceptors (Lipinski definition) is 4. The summed E-state index contributed by atoms with van der Waals surface area (Å²) >= 11 is 0. The number of amides is 1. The van der Waals surface area contributed by atoms with Crippen LogP contribution in [0.2, 0.25) is 0 Å². The van der Waals surface area contributed by atoms with Gasteiger partial charge in [-0.15, -0.1) is 0 Å². The summed E-state index contributed by atoms with van der Waals surface area (Å²) in [6.07, 6.45) is 1.38. The van der Waals surface area contributed by atoms with Crippen LogP contribution in [-0.2, 0) is 0 Å². The molecular formula is C20H20N4O. The fraction of sp³-hybridized carbons (Fsp3) is 0.150. The summed E-state index contributed by atoms with van der Waals surface area (Å²) in [4.78, 5) is 20.7. The Morgan fingerprint density at radius 3 is 2.32 bits per heavy atom. The molecule has 0 fully saturated rings. The van der Waals surface area contributed by atoms with Gasteiger partial charge in [-0.05, 0) is 44.5 Å². The highest BCUT2D eigenvalue weighted by Gasteiger charge is 2.10. The average molecular weight is 332 g/mol. The number of aryl methyl sites for hydroxylation is 3. The molecule has 0 bridgehead atoms. The zero-order valence-corrected chi connectivity index (χ0v) is 14.5. The summed E-state index contributed by atoms with van der Waals surface area (Å²) in [5.74, 6) is 0.311. The number of anilines is 3. The van der Waals surface area contributed by atoms with Gasteiger partial charge in [0, 0.05) is 17.4 Å². The van der Waals surface area contributed by atoms with Gasteiger partial charge in [-0.1, -0.05) is 35.4 Å². The summed E-state index contributed by atoms with van der Waals surface area (Å²) in [6.45, 7) is 6.08. The van der Waals surface area contributed by atoms with Crippen LogP contribution in [0.25, 0.3) is 0 Å². The zero-order valence-electron chi connectivity index (χ0n) is 14.5. The van der Waals surface area contributed by atoms with Gasteiger partial charge < -0.3 is 10.6 Å². The van der Waals surface area contributed by atoms with Crippen LogP contribution < -0.4 is 10.6 Å². The SMILES string of the molecule is Cc1ccc(NC(=O)c2cc(Nc3ccc(C)cc3C)ncn2)cc1. The Morgan fingerprint density at radius 2 is 1.60 bits per heavy atom. The Kier molecular flexibility index (Phi) is 4.75. The van der Waals surface area contributed by atoms with Crippen LogP contribution in [0.4, 0.5) is 17.2 Å². The molecule has 5 nitrogen and oxygen atoms in total. The molecule has 1 heterocycles. The van der Waals surface area contributed by atoms with E-state index in [-0.39, 0.29) is 5.91 Å². The fourth-order valence-electron chi connectivity index (χ4n) is 2.47. The molecule has 2 N–H and O–H groups in total. The minimum atomic E-state index is -0.269. The number of carbonyl (C=O) groups is 1. The van der Waals surface area contributed by atoms with Gasteiger partial charge >= 0.3 is 0 Å². The molecule has 1 amide bonds. The third-order valence-electron chi connectivity index (χ3n) is 3.85. The van der Waals surface area contributed by atoms with E-state index in [0.29, 0.717) is 11.5 Å². The summed E-state index contributed by atoms with van der Waals surface area (Å²) in [5, 5.41) is 6.07. The molecular weight excluding hydrogens is 312 g/mol. The minimum Gasteiger partial charge on any atom is -0.340 e. The highest BCUT2D eigenvalue weighted by atomic mass is 16.1. The molecule has 0 aliphatic heterocycles. The lowest BCUT2D eigenvalue weighted by molar-refractivity contribution is 0.102. The molecule has 3 rings (SSSR count). The molecule has 0 saturated carbocycles. The lowest BCUT2D eigenvalue weighted by Gasteiger charge is -2.10. The Labute approximate surface area is 147 Å². The van der Waals surface area contributed by atoms with Gasteiger partial charge in [0.2, 0.25) is 0 Å². The maximum Gasteiger partial charge on any atom is 0.274 e. The first-order valence-corrected chi connectivity index (χ1v) is 8.05. The van der Waals surface area contributed by atoms with Crippen molar-refractivity contribution < 1.29 is 4.79 Å². The summed E-state index contributed by atoms with van der Waals surface area (Å²) in [7, 11) is 0. The lowest BCUT2D eigenvalue weighted by atomic mass is 10.1. The van der Waals surface area contributed by atoms with Crippen molar-refractivity contribution in [2.24, 2.45) is 0 Å². The first-order chi connectivity index (χ1) is 12.0. The van der Waals surface area contributed by atoms with Gasteiger partial charge in [-0.25, -0.2) is 9.97 Å². The largest absolute Gasteiger partial charge is 0.340 e. The molecule has 126 valence electrons. The van der Waals surface area contributed by atoms with E-state index < -0.39 is 0 Å². The quantitative estimate of drug-likeness (QED) is 0.743. The number of nitrogens with zero attached hydrogens (tertiary/aromatic N) is 2. The maximum atomic E-state index is 12.4. The predicted molar refractivity (Wildman–Crippen MR) is 100 cm³/mol. The Balaban J connectivity index is 1.76. The van der Waals surface area contributed by atoms with Crippen LogP contribution >= 0.6 is 0 Å². The number of rotatable bonds is 4. The van der Waals surface area contributed by atoms with Crippen molar-refractivity contribution in [3.63, 3.8) is 0 Å². The van der Waals surface area contributed by atoms with Crippen LogP contribution in [0.1, 0.15) is 27.2 Å². The van der Waals surface area contributed by atoms with Gasteiger partial charge in [0.1, 0.15) is 17.8 Å². The van der Waals surface area contributed by atoms with Crippen LogP contribution in [0, 0.1) is 20.8 Å². The molecule has 2 aromatic carbocycles. The molecule has 0 aliphatic carbocycles. The molecule has 25 heavy (non-hydrogen) atoms. The van der Waals surface area contributed by atoms with Gasteiger partial charge in [0.05, 0.1) is 0 Å². The second kappa shape index (κ2) is 7.13. The van der Waals surface area contributed by atoms with Crippen molar-refractivity contribution >= 4 is 23.1 Å². The van der Waals surface area contributed by atoms with E-state index >= 15 is 0 Å². The predicted octanol–water partition coefficient (Wildman–Crippen LogP) is 4.40. The molecule has 0 saturated heterocycles. The van der Waals surface area contributed by atoms with E-state index in [2.05, 4.69) is 33.6 Å². The standard InChI is InChI=1S/C20H20N4O/c1-13-4-7-16(8-5-13)23-20(25)18-11-19(22-12-21-18)24-17-9-6-14(2)10-15(17)3/h4-12H,1-3H3,(H,23,25)(H,21,22,24). The van der Waals surface area contributed by atoms with E-state index in [4.69, 9.17) is 0 Å². The van der Waals surface area contributed by atoms with E-state index in [1.54, 1.807) is 6.07 Å². The van der Waals surface area contributed by atoms with E-state index in [1.165, 1.54) is 11.9 Å². The van der Waals surface area contributed by atoms with Crippen molar-refractivity contribution in [2.75, 3.05) is 10.6 Å². The summed E-state index contributed by atoms with van der Waals surface area (Å²) in [6, 6.07) is 15.4. The average Bonchev–Trinajstić information content (AvgIpc) is 2.60. The molecule has 5 heteroatoms. The van der Waals surface area contributed by atoms with Gasteiger partial charge in [-0.3, -0.25) is 4.79 Å². The van der Waals surface area contributed by atoms with Crippen molar-refractivity contribution in [1.82, 2.24) is 9.97 Å². The smallest absolute Gasteiger partial charge is 0.274 e. The van der Waals surface area contributed by atoms with Crippen molar-refractivity contribution in [3.8, 4) is 0 Å². The first kappa shape index (κ1) is 16.6. The second-order valence-corrected chi connectivity index (χ2v) is 6.05. The summed E-state index contributed by atoms with van der Waals surface area (Å²) in [5.41, 5.74) is 5.45. The fourth-order valence-corrected chi connectivity index (χ4v) is 2.47. The van der Waals surface area contributed by atoms with Gasteiger partial charge in [0.15, 0.2) is 0 Å². The number of aromatic nitrogens is 2. The molecule has 3 aromatic rings. The number of hydrogen-bond donors (Lipinski definition) is 2. The zero-order chi connectivity index (χ0) is 17.8. The third-order valence-corrected chi connectivity index (χ3v) is 3.85. The molecule has 0 radical (unpaired) electrons. The van der Waals surface area contributed by atoms with E-state index in [0.717, 1.165) is 22.5 Å². The van der Waals surface area contributed by atoms with Crippen LogP contribution in [-0.4, -0.2) is 15.9 Å². The number of nitrogens with one attached hydrogen (secondary N) is 2. The topological polar surface area (TPSA) is 66.9 Å².